The van der Waals surface area contributed by atoms with Gasteiger partial charge in [0.2, 0.25) is 11.2 Å². The minimum absolute atomic E-state index is 0.0413. The van der Waals surface area contributed by atoms with Crippen molar-refractivity contribution in [1.82, 2.24) is 0 Å². The SMILES string of the molecule is CS(=O)c1cccc(=O)c(O)c1O. The van der Waals surface area contributed by atoms with E-state index in [0.29, 0.717) is 0 Å². The van der Waals surface area contributed by atoms with Crippen LogP contribution >= 0.6 is 0 Å². The third-order valence-corrected chi connectivity index (χ3v) is 2.44. The summed E-state index contributed by atoms with van der Waals surface area (Å²) in [5.74, 6) is -1.38. The van der Waals surface area contributed by atoms with Gasteiger partial charge < -0.3 is 10.2 Å². The van der Waals surface area contributed by atoms with Gasteiger partial charge in [-0.3, -0.25) is 9.00 Å². The van der Waals surface area contributed by atoms with Gasteiger partial charge in [0.05, 0.1) is 15.7 Å². The van der Waals surface area contributed by atoms with E-state index in [0.717, 1.165) is 6.07 Å². The van der Waals surface area contributed by atoms with E-state index in [2.05, 4.69) is 0 Å². The molecule has 2 N–H and O–H groups in total. The first-order chi connectivity index (χ1) is 6.04. The molecule has 0 amide bonds. The van der Waals surface area contributed by atoms with Gasteiger partial charge in [0.1, 0.15) is 0 Å². The van der Waals surface area contributed by atoms with Gasteiger partial charge in [-0.2, -0.15) is 0 Å². The normalized spacial score (nSPS) is 12.4. The van der Waals surface area contributed by atoms with Gasteiger partial charge in [-0.05, 0) is 12.1 Å². The van der Waals surface area contributed by atoms with E-state index in [1.165, 1.54) is 18.4 Å². The lowest BCUT2D eigenvalue weighted by molar-refractivity contribution is 0.393. The summed E-state index contributed by atoms with van der Waals surface area (Å²) in [7, 11) is -1.44. The molecule has 13 heavy (non-hydrogen) atoms. The van der Waals surface area contributed by atoms with Crippen molar-refractivity contribution < 1.29 is 14.4 Å². The van der Waals surface area contributed by atoms with Crippen LogP contribution in [0.5, 0.6) is 11.5 Å². The molecule has 0 heterocycles. The Morgan fingerprint density at radius 3 is 2.38 bits per heavy atom. The minimum atomic E-state index is -1.44. The molecule has 0 aliphatic rings. The van der Waals surface area contributed by atoms with E-state index in [4.69, 9.17) is 5.11 Å². The maximum atomic E-state index is 11.0. The highest BCUT2D eigenvalue weighted by molar-refractivity contribution is 7.84. The second-order valence-electron chi connectivity index (χ2n) is 2.41. The molecule has 0 spiro atoms. The number of hydrogen-bond acceptors (Lipinski definition) is 4. The van der Waals surface area contributed by atoms with Gasteiger partial charge in [0.15, 0.2) is 5.75 Å². The van der Waals surface area contributed by atoms with Gasteiger partial charge in [-0.15, -0.1) is 0 Å². The molecule has 1 unspecified atom stereocenters. The summed E-state index contributed by atoms with van der Waals surface area (Å²) in [6, 6.07) is 3.75. The van der Waals surface area contributed by atoms with Crippen LogP contribution in [0.15, 0.2) is 27.9 Å². The van der Waals surface area contributed by atoms with Gasteiger partial charge in [-0.1, -0.05) is 6.07 Å². The lowest BCUT2D eigenvalue weighted by Gasteiger charge is -1.96. The second-order valence-corrected chi connectivity index (χ2v) is 3.75. The van der Waals surface area contributed by atoms with E-state index in [-0.39, 0.29) is 4.90 Å². The summed E-state index contributed by atoms with van der Waals surface area (Å²) >= 11 is 0. The molecule has 1 rings (SSSR count). The average Bonchev–Trinajstić information content (AvgIpc) is 2.18. The zero-order valence-electron chi connectivity index (χ0n) is 6.85. The topological polar surface area (TPSA) is 74.6 Å². The standard InChI is InChI=1S/C8H8O4S/c1-13(12)6-4-2-3-5(9)7(10)8(6)11/h2-4H,1H3,(H2,9,10,11). The van der Waals surface area contributed by atoms with Gasteiger partial charge in [0.25, 0.3) is 0 Å². The van der Waals surface area contributed by atoms with Gasteiger partial charge in [-0.25, -0.2) is 0 Å². The summed E-state index contributed by atoms with van der Waals surface area (Å²) in [6.45, 7) is 0. The third kappa shape index (κ3) is 1.86. The molecule has 1 aromatic rings. The third-order valence-electron chi connectivity index (χ3n) is 1.50. The maximum absolute atomic E-state index is 11.0. The fourth-order valence-corrected chi connectivity index (χ4v) is 1.49. The molecule has 0 saturated heterocycles. The predicted octanol–water partition coefficient (Wildman–Crippen LogP) is 0.195. The molecule has 0 radical (unpaired) electrons. The lowest BCUT2D eigenvalue weighted by atomic mass is 10.4. The molecule has 0 saturated carbocycles. The molecule has 0 aliphatic heterocycles. The zero-order valence-corrected chi connectivity index (χ0v) is 7.67. The van der Waals surface area contributed by atoms with Crippen LogP contribution in [0.1, 0.15) is 0 Å². The van der Waals surface area contributed by atoms with Crippen LogP contribution in [0.4, 0.5) is 0 Å². The molecular formula is C8H8O4S. The second kappa shape index (κ2) is 3.57. The molecule has 0 aliphatic carbocycles. The molecule has 5 heteroatoms. The fourth-order valence-electron chi connectivity index (χ4n) is 0.846. The molecule has 0 bridgehead atoms. The lowest BCUT2D eigenvalue weighted by Crippen LogP contribution is -1.93. The summed E-state index contributed by atoms with van der Waals surface area (Å²) < 4.78 is 11.0. The Morgan fingerprint density at radius 1 is 1.23 bits per heavy atom. The summed E-state index contributed by atoms with van der Waals surface area (Å²) in [5, 5.41) is 18.4. The predicted molar refractivity (Wildman–Crippen MR) is 48.4 cm³/mol. The molecular weight excluding hydrogens is 192 g/mol. The maximum Gasteiger partial charge on any atom is 0.224 e. The van der Waals surface area contributed by atoms with Crippen molar-refractivity contribution in [3.05, 3.63) is 28.4 Å². The van der Waals surface area contributed by atoms with E-state index in [1.54, 1.807) is 0 Å². The van der Waals surface area contributed by atoms with Crippen molar-refractivity contribution in [2.24, 2.45) is 0 Å². The Hall–Kier alpha value is -1.36. The van der Waals surface area contributed by atoms with Crippen LogP contribution in [-0.2, 0) is 10.8 Å². The Balaban J connectivity index is 3.62. The summed E-state index contributed by atoms with van der Waals surface area (Å²) in [4.78, 5) is 10.9. The highest BCUT2D eigenvalue weighted by atomic mass is 32.2. The van der Waals surface area contributed by atoms with Crippen LogP contribution in [0.3, 0.4) is 0 Å². The molecule has 1 aromatic carbocycles. The minimum Gasteiger partial charge on any atom is -0.503 e. The zero-order chi connectivity index (χ0) is 10.0. The first-order valence-corrected chi connectivity index (χ1v) is 4.98. The van der Waals surface area contributed by atoms with Crippen LogP contribution in [-0.4, -0.2) is 20.7 Å². The Kier molecular flexibility index (Phi) is 2.67. The van der Waals surface area contributed by atoms with E-state index in [9.17, 15) is 14.1 Å². The van der Waals surface area contributed by atoms with Crippen LogP contribution in [0.2, 0.25) is 0 Å². The number of rotatable bonds is 1. The quantitative estimate of drug-likeness (QED) is 0.678. The Bertz CT molecular complexity index is 413. The Morgan fingerprint density at radius 2 is 1.85 bits per heavy atom. The highest BCUT2D eigenvalue weighted by Crippen LogP contribution is 2.25. The van der Waals surface area contributed by atoms with Crippen LogP contribution in [0, 0.1) is 0 Å². The van der Waals surface area contributed by atoms with Crippen molar-refractivity contribution in [2.75, 3.05) is 6.26 Å². The van der Waals surface area contributed by atoms with Crippen molar-refractivity contribution in [3.63, 3.8) is 0 Å². The molecule has 70 valence electrons. The summed E-state index contributed by atoms with van der Waals surface area (Å²) in [6.07, 6.45) is 1.35. The molecule has 0 fully saturated rings. The average molecular weight is 200 g/mol. The van der Waals surface area contributed by atoms with Gasteiger partial charge >= 0.3 is 0 Å². The van der Waals surface area contributed by atoms with E-state index < -0.39 is 27.7 Å². The van der Waals surface area contributed by atoms with Crippen molar-refractivity contribution >= 4 is 10.8 Å². The Labute approximate surface area is 76.9 Å². The molecule has 0 aromatic heterocycles. The van der Waals surface area contributed by atoms with Crippen LogP contribution in [0.25, 0.3) is 0 Å². The van der Waals surface area contributed by atoms with Gasteiger partial charge in [0, 0.05) is 6.26 Å². The first-order valence-electron chi connectivity index (χ1n) is 3.42. The van der Waals surface area contributed by atoms with Crippen LogP contribution < -0.4 is 5.43 Å². The smallest absolute Gasteiger partial charge is 0.224 e. The fraction of sp³-hybridized carbons (Fsp3) is 0.125. The summed E-state index contributed by atoms with van der Waals surface area (Å²) in [5.41, 5.74) is -0.700. The number of aromatic hydroxyl groups is 2. The number of hydrogen-bond donors (Lipinski definition) is 2. The first kappa shape index (κ1) is 9.73. The molecule has 4 nitrogen and oxygen atoms in total. The van der Waals surface area contributed by atoms with Crippen molar-refractivity contribution in [1.29, 1.82) is 0 Å². The van der Waals surface area contributed by atoms with E-state index >= 15 is 0 Å². The largest absolute Gasteiger partial charge is 0.503 e. The van der Waals surface area contributed by atoms with Crippen molar-refractivity contribution in [2.45, 2.75) is 4.90 Å². The highest BCUT2D eigenvalue weighted by Gasteiger charge is 2.09. The van der Waals surface area contributed by atoms with Crippen molar-refractivity contribution in [3.8, 4) is 11.5 Å². The monoisotopic (exact) mass is 200 g/mol. The van der Waals surface area contributed by atoms with E-state index in [1.807, 2.05) is 0 Å². The molecule has 1 atom stereocenters.